The van der Waals surface area contributed by atoms with Gasteiger partial charge in [-0.25, -0.2) is 9.67 Å². The Hall–Kier alpha value is -1.95. The van der Waals surface area contributed by atoms with Crippen LogP contribution in [0.1, 0.15) is 5.56 Å². The Kier molecular flexibility index (Phi) is 2.82. The Morgan fingerprint density at radius 3 is 2.88 bits per heavy atom. The Morgan fingerprint density at radius 2 is 2.31 bits per heavy atom. The van der Waals surface area contributed by atoms with Crippen LogP contribution in [0.4, 0.5) is 5.69 Å². The van der Waals surface area contributed by atoms with E-state index in [-0.39, 0.29) is 11.6 Å². The molecule has 0 saturated heterocycles. The zero-order valence-corrected chi connectivity index (χ0v) is 8.83. The average Bonchev–Trinajstić information content (AvgIpc) is 2.81. The number of aromatic nitrogens is 3. The summed E-state index contributed by atoms with van der Waals surface area (Å²) in [6, 6.07) is 4.64. The number of nitrogens with zero attached hydrogens (tertiary/aromatic N) is 4. The second-order valence-electron chi connectivity index (χ2n) is 3.04. The molecule has 0 unspecified atom stereocenters. The van der Waals surface area contributed by atoms with Crippen LogP contribution < -0.4 is 0 Å². The van der Waals surface area contributed by atoms with Gasteiger partial charge in [0.25, 0.3) is 5.69 Å². The predicted octanol–water partition coefficient (Wildman–Crippen LogP) is 1.91. The number of hydrogen-bond acceptors (Lipinski definition) is 4. The van der Waals surface area contributed by atoms with E-state index in [1.165, 1.54) is 23.4 Å². The highest BCUT2D eigenvalue weighted by Gasteiger charge is 2.13. The Balaban J connectivity index is 2.49. The van der Waals surface area contributed by atoms with E-state index in [2.05, 4.69) is 10.1 Å². The van der Waals surface area contributed by atoms with Gasteiger partial charge in [-0.05, 0) is 12.1 Å². The van der Waals surface area contributed by atoms with Gasteiger partial charge in [0.15, 0.2) is 0 Å². The van der Waals surface area contributed by atoms with Crippen molar-refractivity contribution in [3.63, 3.8) is 0 Å². The highest BCUT2D eigenvalue weighted by Crippen LogP contribution is 2.23. The van der Waals surface area contributed by atoms with E-state index in [0.29, 0.717) is 11.3 Å². The van der Waals surface area contributed by atoms with Crippen LogP contribution >= 0.6 is 11.6 Å². The highest BCUT2D eigenvalue weighted by atomic mass is 35.5. The van der Waals surface area contributed by atoms with E-state index < -0.39 is 4.92 Å². The van der Waals surface area contributed by atoms with Gasteiger partial charge in [-0.3, -0.25) is 10.1 Å². The van der Waals surface area contributed by atoms with Crippen molar-refractivity contribution >= 4 is 17.3 Å². The van der Waals surface area contributed by atoms with Gasteiger partial charge in [-0.2, -0.15) is 5.10 Å². The molecular weight excluding hydrogens is 232 g/mol. The molecule has 0 aliphatic rings. The van der Waals surface area contributed by atoms with Gasteiger partial charge < -0.3 is 0 Å². The zero-order chi connectivity index (χ0) is 11.5. The van der Waals surface area contributed by atoms with Crippen LogP contribution in [0.25, 0.3) is 5.69 Å². The van der Waals surface area contributed by atoms with Crippen molar-refractivity contribution in [2.24, 2.45) is 0 Å². The molecule has 2 rings (SSSR count). The minimum Gasteiger partial charge on any atom is -0.258 e. The molecule has 0 aliphatic heterocycles. The van der Waals surface area contributed by atoms with Crippen molar-refractivity contribution in [2.75, 3.05) is 0 Å². The first-order valence-electron chi connectivity index (χ1n) is 4.40. The molecule has 6 nitrogen and oxygen atoms in total. The number of benzene rings is 1. The number of halogens is 1. The molecule has 1 aromatic carbocycles. The van der Waals surface area contributed by atoms with E-state index in [0.717, 1.165) is 0 Å². The van der Waals surface area contributed by atoms with Crippen molar-refractivity contribution in [1.29, 1.82) is 0 Å². The van der Waals surface area contributed by atoms with Crippen LogP contribution in [-0.2, 0) is 5.88 Å². The van der Waals surface area contributed by atoms with Gasteiger partial charge in [0.1, 0.15) is 12.7 Å². The second-order valence-corrected chi connectivity index (χ2v) is 3.31. The molecule has 0 aliphatic carbocycles. The first kappa shape index (κ1) is 10.6. The van der Waals surface area contributed by atoms with Gasteiger partial charge >= 0.3 is 0 Å². The third kappa shape index (κ3) is 1.87. The molecule has 1 heterocycles. The lowest BCUT2D eigenvalue weighted by atomic mass is 10.2. The first-order chi connectivity index (χ1) is 7.72. The summed E-state index contributed by atoms with van der Waals surface area (Å²) in [4.78, 5) is 14.0. The molecule has 7 heteroatoms. The number of nitro groups is 1. The Morgan fingerprint density at radius 1 is 1.50 bits per heavy atom. The summed E-state index contributed by atoms with van der Waals surface area (Å²) in [6.07, 6.45) is 2.90. The largest absolute Gasteiger partial charge is 0.273 e. The standard InChI is InChI=1S/C9H7ClN4O2/c10-4-7-3-8(13-6-11-5-12-13)1-2-9(7)14(15)16/h1-3,5-6H,4H2. The van der Waals surface area contributed by atoms with Crippen molar-refractivity contribution in [3.8, 4) is 5.69 Å². The van der Waals surface area contributed by atoms with Crippen molar-refractivity contribution in [2.45, 2.75) is 5.88 Å². The molecule has 0 amide bonds. The summed E-state index contributed by atoms with van der Waals surface area (Å²) in [6.45, 7) is 0. The number of hydrogen-bond donors (Lipinski definition) is 0. The zero-order valence-electron chi connectivity index (χ0n) is 8.08. The fourth-order valence-corrected chi connectivity index (χ4v) is 1.56. The molecular formula is C9H7ClN4O2. The normalized spacial score (nSPS) is 10.3. The maximum absolute atomic E-state index is 10.7. The van der Waals surface area contributed by atoms with E-state index >= 15 is 0 Å². The highest BCUT2D eigenvalue weighted by molar-refractivity contribution is 6.17. The molecule has 0 fully saturated rings. The maximum atomic E-state index is 10.7. The number of nitro benzene ring substituents is 1. The summed E-state index contributed by atoms with van der Waals surface area (Å²) >= 11 is 5.66. The molecule has 0 N–H and O–H groups in total. The Labute approximate surface area is 95.6 Å². The fraction of sp³-hybridized carbons (Fsp3) is 0.111. The van der Waals surface area contributed by atoms with E-state index in [4.69, 9.17) is 11.6 Å². The summed E-state index contributed by atoms with van der Waals surface area (Å²) in [5, 5.41) is 14.6. The van der Waals surface area contributed by atoms with Crippen molar-refractivity contribution in [3.05, 3.63) is 46.5 Å². The SMILES string of the molecule is O=[N+]([O-])c1ccc(-n2cncn2)cc1CCl. The third-order valence-electron chi connectivity index (χ3n) is 2.09. The lowest BCUT2D eigenvalue weighted by Gasteiger charge is -2.03. The quantitative estimate of drug-likeness (QED) is 0.465. The summed E-state index contributed by atoms with van der Waals surface area (Å²) in [5.41, 5.74) is 1.16. The van der Waals surface area contributed by atoms with Crippen molar-refractivity contribution in [1.82, 2.24) is 14.8 Å². The minimum atomic E-state index is -0.456. The van der Waals surface area contributed by atoms with Crippen LogP contribution in [-0.4, -0.2) is 19.7 Å². The van der Waals surface area contributed by atoms with Gasteiger partial charge in [-0.1, -0.05) is 0 Å². The van der Waals surface area contributed by atoms with Gasteiger partial charge in [-0.15, -0.1) is 11.6 Å². The molecule has 0 saturated carbocycles. The molecule has 0 spiro atoms. The van der Waals surface area contributed by atoms with Gasteiger partial charge in [0.05, 0.1) is 16.5 Å². The van der Waals surface area contributed by atoms with Crippen LogP contribution in [0.5, 0.6) is 0 Å². The van der Waals surface area contributed by atoms with E-state index in [9.17, 15) is 10.1 Å². The van der Waals surface area contributed by atoms with Crippen LogP contribution in [0, 0.1) is 10.1 Å². The van der Waals surface area contributed by atoms with Crippen molar-refractivity contribution < 1.29 is 4.92 Å². The lowest BCUT2D eigenvalue weighted by Crippen LogP contribution is -1.98. The monoisotopic (exact) mass is 238 g/mol. The summed E-state index contributed by atoms with van der Waals surface area (Å²) < 4.78 is 1.51. The average molecular weight is 239 g/mol. The summed E-state index contributed by atoms with van der Waals surface area (Å²) in [7, 11) is 0. The molecule has 16 heavy (non-hydrogen) atoms. The van der Waals surface area contributed by atoms with Gasteiger partial charge in [0.2, 0.25) is 0 Å². The Bertz CT molecular complexity index is 512. The molecule has 2 aromatic rings. The maximum Gasteiger partial charge on any atom is 0.273 e. The third-order valence-corrected chi connectivity index (χ3v) is 2.37. The van der Waals surface area contributed by atoms with E-state index in [1.54, 1.807) is 12.1 Å². The van der Waals surface area contributed by atoms with Crippen LogP contribution in [0.3, 0.4) is 0 Å². The van der Waals surface area contributed by atoms with E-state index in [1.807, 2.05) is 0 Å². The second kappa shape index (κ2) is 4.28. The molecule has 1 aromatic heterocycles. The van der Waals surface area contributed by atoms with Gasteiger partial charge in [0, 0.05) is 11.6 Å². The predicted molar refractivity (Wildman–Crippen MR) is 57.6 cm³/mol. The first-order valence-corrected chi connectivity index (χ1v) is 4.94. The van der Waals surface area contributed by atoms with Crippen LogP contribution in [0.2, 0.25) is 0 Å². The minimum absolute atomic E-state index is 0.0128. The lowest BCUT2D eigenvalue weighted by molar-refractivity contribution is -0.385. The molecule has 0 bridgehead atoms. The summed E-state index contributed by atoms with van der Waals surface area (Å²) in [5.74, 6) is 0.0822. The molecule has 82 valence electrons. The smallest absolute Gasteiger partial charge is 0.258 e. The molecule has 0 atom stereocenters. The number of rotatable bonds is 3. The van der Waals surface area contributed by atoms with Crippen LogP contribution in [0.15, 0.2) is 30.9 Å². The fourth-order valence-electron chi connectivity index (χ4n) is 1.34. The topological polar surface area (TPSA) is 73.8 Å². The molecule has 0 radical (unpaired) electrons. The number of alkyl halides is 1.